The van der Waals surface area contributed by atoms with Crippen molar-refractivity contribution < 1.29 is 9.59 Å². The van der Waals surface area contributed by atoms with E-state index >= 15 is 0 Å². The molecular formula is C21H22N2O2. The van der Waals surface area contributed by atoms with Gasteiger partial charge in [0.1, 0.15) is 0 Å². The first kappa shape index (κ1) is 17.0. The number of likely N-dealkylation sites (tertiary alicyclic amines) is 1. The summed E-state index contributed by atoms with van der Waals surface area (Å²) in [6.07, 6.45) is 5.49. The molecule has 1 N–H and O–H groups in total. The second-order valence-electron chi connectivity index (χ2n) is 6.24. The van der Waals surface area contributed by atoms with Gasteiger partial charge in [0.2, 0.25) is 11.8 Å². The van der Waals surface area contributed by atoms with Gasteiger partial charge in [0.05, 0.1) is 6.04 Å². The average molecular weight is 334 g/mol. The Kier molecular flexibility index (Phi) is 5.29. The zero-order chi connectivity index (χ0) is 17.6. The largest absolute Gasteiger partial charge is 0.332 e. The van der Waals surface area contributed by atoms with Gasteiger partial charge in [0.15, 0.2) is 0 Å². The van der Waals surface area contributed by atoms with Crippen LogP contribution in [-0.2, 0) is 9.59 Å². The smallest absolute Gasteiger partial charge is 0.247 e. The molecule has 1 aliphatic rings. The highest BCUT2D eigenvalue weighted by molar-refractivity contribution is 5.92. The van der Waals surface area contributed by atoms with E-state index in [9.17, 15) is 9.59 Å². The quantitative estimate of drug-likeness (QED) is 0.859. The minimum atomic E-state index is -0.0977. The molecule has 1 aliphatic heterocycles. The molecule has 0 aromatic heterocycles. The highest BCUT2D eigenvalue weighted by atomic mass is 16.2. The number of anilines is 1. The van der Waals surface area contributed by atoms with E-state index in [0.29, 0.717) is 0 Å². The van der Waals surface area contributed by atoms with Crippen LogP contribution in [0, 0.1) is 0 Å². The lowest BCUT2D eigenvalue weighted by atomic mass is 10.0. The van der Waals surface area contributed by atoms with Gasteiger partial charge in [-0.1, -0.05) is 42.5 Å². The van der Waals surface area contributed by atoms with E-state index in [1.807, 2.05) is 53.4 Å². The number of hydrogen-bond donors (Lipinski definition) is 1. The number of hydrogen-bond acceptors (Lipinski definition) is 2. The molecule has 2 aromatic carbocycles. The second kappa shape index (κ2) is 7.79. The summed E-state index contributed by atoms with van der Waals surface area (Å²) in [7, 11) is 0. The fourth-order valence-corrected chi connectivity index (χ4v) is 3.20. The van der Waals surface area contributed by atoms with Gasteiger partial charge in [-0.15, -0.1) is 0 Å². The summed E-state index contributed by atoms with van der Waals surface area (Å²) in [5.41, 5.74) is 2.87. The number of carbonyl (C=O) groups excluding carboxylic acids is 2. The number of benzene rings is 2. The molecule has 4 heteroatoms. The Morgan fingerprint density at radius 1 is 1.08 bits per heavy atom. The third-order valence-corrected chi connectivity index (χ3v) is 4.37. The normalized spacial score (nSPS) is 17.0. The van der Waals surface area contributed by atoms with Crippen molar-refractivity contribution in [2.45, 2.75) is 25.8 Å². The van der Waals surface area contributed by atoms with Crippen molar-refractivity contribution >= 4 is 23.6 Å². The molecule has 1 heterocycles. The first-order valence-corrected chi connectivity index (χ1v) is 8.55. The van der Waals surface area contributed by atoms with Crippen LogP contribution in [0.2, 0.25) is 0 Å². The topological polar surface area (TPSA) is 49.4 Å². The number of carbonyl (C=O) groups is 2. The molecule has 128 valence electrons. The van der Waals surface area contributed by atoms with Crippen LogP contribution in [0.5, 0.6) is 0 Å². The molecule has 0 spiro atoms. The summed E-state index contributed by atoms with van der Waals surface area (Å²) < 4.78 is 0. The molecule has 0 saturated carbocycles. The standard InChI is InChI=1S/C21H22N2O2/c1-16(24)22-19-12-9-17(10-13-19)11-14-21(25)23-15-5-8-20(23)18-6-3-2-4-7-18/h2-4,6-7,9-14,20H,5,8,15H2,1H3,(H,22,24)/b14-11+. The van der Waals surface area contributed by atoms with Crippen LogP contribution in [0.1, 0.15) is 36.9 Å². The van der Waals surface area contributed by atoms with Gasteiger partial charge in [-0.3, -0.25) is 9.59 Å². The summed E-state index contributed by atoms with van der Waals surface area (Å²) in [5, 5.41) is 2.73. The maximum absolute atomic E-state index is 12.6. The number of nitrogens with one attached hydrogen (secondary N) is 1. The van der Waals surface area contributed by atoms with Gasteiger partial charge in [-0.2, -0.15) is 0 Å². The zero-order valence-electron chi connectivity index (χ0n) is 14.3. The van der Waals surface area contributed by atoms with Gasteiger partial charge >= 0.3 is 0 Å². The first-order valence-electron chi connectivity index (χ1n) is 8.55. The Hall–Kier alpha value is -2.88. The van der Waals surface area contributed by atoms with Gasteiger partial charge < -0.3 is 10.2 Å². The Morgan fingerprint density at radius 2 is 1.80 bits per heavy atom. The van der Waals surface area contributed by atoms with E-state index in [1.165, 1.54) is 12.5 Å². The predicted molar refractivity (Wildman–Crippen MR) is 99.9 cm³/mol. The van der Waals surface area contributed by atoms with E-state index in [2.05, 4.69) is 17.4 Å². The maximum Gasteiger partial charge on any atom is 0.247 e. The van der Waals surface area contributed by atoms with E-state index in [0.717, 1.165) is 30.6 Å². The SMILES string of the molecule is CC(=O)Nc1ccc(/C=C/C(=O)N2CCCC2c2ccccc2)cc1. The molecule has 1 saturated heterocycles. The van der Waals surface area contributed by atoms with Crippen molar-refractivity contribution in [1.82, 2.24) is 4.90 Å². The van der Waals surface area contributed by atoms with E-state index < -0.39 is 0 Å². The van der Waals surface area contributed by atoms with Crippen molar-refractivity contribution in [3.63, 3.8) is 0 Å². The van der Waals surface area contributed by atoms with Gasteiger partial charge in [-0.05, 0) is 42.2 Å². The van der Waals surface area contributed by atoms with Crippen LogP contribution in [0.25, 0.3) is 6.08 Å². The van der Waals surface area contributed by atoms with Gasteiger partial charge in [0, 0.05) is 25.2 Å². The molecule has 3 rings (SSSR count). The molecule has 0 bridgehead atoms. The lowest BCUT2D eigenvalue weighted by Crippen LogP contribution is -2.28. The summed E-state index contributed by atoms with van der Waals surface area (Å²) in [5.74, 6) is -0.0586. The van der Waals surface area contributed by atoms with Crippen LogP contribution in [-0.4, -0.2) is 23.3 Å². The maximum atomic E-state index is 12.6. The predicted octanol–water partition coefficient (Wildman–Crippen LogP) is 4.02. The van der Waals surface area contributed by atoms with Crippen molar-refractivity contribution in [3.8, 4) is 0 Å². The molecule has 0 aliphatic carbocycles. The fraction of sp³-hybridized carbons (Fsp3) is 0.238. The van der Waals surface area contributed by atoms with E-state index in [1.54, 1.807) is 6.08 Å². The van der Waals surface area contributed by atoms with Crippen LogP contribution in [0.15, 0.2) is 60.7 Å². The number of nitrogens with zero attached hydrogens (tertiary/aromatic N) is 1. The molecule has 4 nitrogen and oxygen atoms in total. The molecule has 2 aromatic rings. The highest BCUT2D eigenvalue weighted by Gasteiger charge is 2.28. The molecule has 1 atom stereocenters. The molecule has 0 radical (unpaired) electrons. The Labute approximate surface area is 148 Å². The molecule has 1 fully saturated rings. The lowest BCUT2D eigenvalue weighted by molar-refractivity contribution is -0.126. The van der Waals surface area contributed by atoms with Crippen LogP contribution in [0.3, 0.4) is 0 Å². The second-order valence-corrected chi connectivity index (χ2v) is 6.24. The Morgan fingerprint density at radius 3 is 2.48 bits per heavy atom. The molecule has 2 amide bonds. The van der Waals surface area contributed by atoms with Gasteiger partial charge in [-0.25, -0.2) is 0 Å². The fourth-order valence-electron chi connectivity index (χ4n) is 3.20. The molecule has 1 unspecified atom stereocenters. The summed E-state index contributed by atoms with van der Waals surface area (Å²) >= 11 is 0. The molecular weight excluding hydrogens is 312 g/mol. The van der Waals surface area contributed by atoms with Crippen molar-refractivity contribution in [3.05, 3.63) is 71.8 Å². The van der Waals surface area contributed by atoms with E-state index in [-0.39, 0.29) is 17.9 Å². The third kappa shape index (κ3) is 4.35. The van der Waals surface area contributed by atoms with Gasteiger partial charge in [0.25, 0.3) is 0 Å². The minimum absolute atomic E-state index is 0.0392. The van der Waals surface area contributed by atoms with Crippen LogP contribution in [0.4, 0.5) is 5.69 Å². The number of rotatable bonds is 4. The summed E-state index contributed by atoms with van der Waals surface area (Å²) in [6.45, 7) is 2.27. The first-order chi connectivity index (χ1) is 12.1. The van der Waals surface area contributed by atoms with Crippen molar-refractivity contribution in [1.29, 1.82) is 0 Å². The molecule has 25 heavy (non-hydrogen) atoms. The Bertz CT molecular complexity index is 766. The average Bonchev–Trinajstić information content (AvgIpc) is 3.11. The van der Waals surface area contributed by atoms with Crippen LogP contribution >= 0.6 is 0 Å². The number of amides is 2. The summed E-state index contributed by atoms with van der Waals surface area (Å²) in [6, 6.07) is 17.8. The van der Waals surface area contributed by atoms with E-state index in [4.69, 9.17) is 0 Å². The highest BCUT2D eigenvalue weighted by Crippen LogP contribution is 2.31. The zero-order valence-corrected chi connectivity index (χ0v) is 14.3. The van der Waals surface area contributed by atoms with Crippen LogP contribution < -0.4 is 5.32 Å². The van der Waals surface area contributed by atoms with Crippen molar-refractivity contribution in [2.75, 3.05) is 11.9 Å². The van der Waals surface area contributed by atoms with Crippen molar-refractivity contribution in [2.24, 2.45) is 0 Å². The summed E-state index contributed by atoms with van der Waals surface area (Å²) in [4.78, 5) is 25.6. The monoisotopic (exact) mass is 334 g/mol. The minimum Gasteiger partial charge on any atom is -0.332 e. The third-order valence-electron chi connectivity index (χ3n) is 4.37. The lowest BCUT2D eigenvalue weighted by Gasteiger charge is -2.23. The Balaban J connectivity index is 1.66.